The van der Waals surface area contributed by atoms with E-state index in [0.717, 1.165) is 6.29 Å². The van der Waals surface area contributed by atoms with E-state index in [1.54, 1.807) is 7.05 Å². The van der Waals surface area contributed by atoms with Crippen LogP contribution in [0.2, 0.25) is 0 Å². The Morgan fingerprint density at radius 2 is 1.58 bits per heavy atom. The highest BCUT2D eigenvalue weighted by molar-refractivity contribution is 5.85. The Morgan fingerprint density at radius 1 is 1.08 bits per heavy atom. The molecule has 142 valence electrons. The molecule has 0 unspecified atom stereocenters. The number of amides is 2. The number of aldehydes is 1. The minimum Gasteiger partial charge on any atom is -0.483 e. The van der Waals surface area contributed by atoms with Gasteiger partial charge in [0, 0.05) is 18.6 Å². The first-order valence-corrected chi connectivity index (χ1v) is 7.33. The Hall–Kier alpha value is -2.04. The van der Waals surface area contributed by atoms with Crippen molar-refractivity contribution >= 4 is 24.6 Å². The highest BCUT2D eigenvalue weighted by Crippen LogP contribution is 1.95. The van der Waals surface area contributed by atoms with Crippen LogP contribution in [0.4, 0.5) is 0 Å². The van der Waals surface area contributed by atoms with Gasteiger partial charge in [-0.1, -0.05) is 0 Å². The van der Waals surface area contributed by atoms with Crippen LogP contribution in [-0.4, -0.2) is 75.0 Å². The molecule has 10 heteroatoms. The highest BCUT2D eigenvalue weighted by Gasteiger charge is 2.05. The molecule has 7 N–H and O–H groups in total. The fourth-order valence-corrected chi connectivity index (χ4v) is 1.02. The largest absolute Gasteiger partial charge is 0.483 e. The SMILES string of the molecule is CC(C)(C)NCC=O.CNCC(=O)NCC(=O)NCCN.O=CO. The van der Waals surface area contributed by atoms with Crippen LogP contribution in [-0.2, 0) is 19.2 Å². The van der Waals surface area contributed by atoms with Gasteiger partial charge >= 0.3 is 0 Å². The molecule has 0 rings (SSSR count). The summed E-state index contributed by atoms with van der Waals surface area (Å²) in [5.41, 5.74) is 5.24. The zero-order valence-electron chi connectivity index (χ0n) is 14.8. The molecule has 0 heterocycles. The molecule has 0 saturated carbocycles. The van der Waals surface area contributed by atoms with Crippen LogP contribution >= 0.6 is 0 Å². The van der Waals surface area contributed by atoms with Crippen LogP contribution in [0.3, 0.4) is 0 Å². The third kappa shape index (κ3) is 32.1. The van der Waals surface area contributed by atoms with Crippen molar-refractivity contribution in [2.45, 2.75) is 26.3 Å². The number of carbonyl (C=O) groups excluding carboxylic acids is 3. The molecule has 0 fully saturated rings. The smallest absolute Gasteiger partial charge is 0.290 e. The molecule has 0 radical (unpaired) electrons. The van der Waals surface area contributed by atoms with Crippen molar-refractivity contribution in [3.63, 3.8) is 0 Å². The second kappa shape index (κ2) is 19.0. The van der Waals surface area contributed by atoms with Gasteiger partial charge in [-0.25, -0.2) is 0 Å². The van der Waals surface area contributed by atoms with Crippen molar-refractivity contribution in [3.8, 4) is 0 Å². The average molecular weight is 349 g/mol. The van der Waals surface area contributed by atoms with Gasteiger partial charge in [0.15, 0.2) is 0 Å². The number of hydrogen-bond acceptors (Lipinski definition) is 7. The van der Waals surface area contributed by atoms with Crippen LogP contribution in [0.1, 0.15) is 20.8 Å². The monoisotopic (exact) mass is 349 g/mol. The van der Waals surface area contributed by atoms with Crippen molar-refractivity contribution in [3.05, 3.63) is 0 Å². The van der Waals surface area contributed by atoms with Gasteiger partial charge < -0.3 is 36.9 Å². The lowest BCUT2D eigenvalue weighted by Crippen LogP contribution is -2.41. The maximum absolute atomic E-state index is 10.9. The summed E-state index contributed by atoms with van der Waals surface area (Å²) in [6.45, 7) is 7.31. The Bertz CT molecular complexity index is 345. The van der Waals surface area contributed by atoms with Gasteiger partial charge in [0.05, 0.1) is 19.6 Å². The maximum atomic E-state index is 10.9. The molecule has 0 aliphatic rings. The van der Waals surface area contributed by atoms with Crippen LogP contribution < -0.4 is 27.0 Å². The summed E-state index contributed by atoms with van der Waals surface area (Å²) in [6, 6.07) is 0. The van der Waals surface area contributed by atoms with E-state index in [-0.39, 0.29) is 36.9 Å². The molecule has 0 aromatic rings. The molecule has 2 amide bonds. The lowest BCUT2D eigenvalue weighted by atomic mass is 10.1. The summed E-state index contributed by atoms with van der Waals surface area (Å²) >= 11 is 0. The summed E-state index contributed by atoms with van der Waals surface area (Å²) in [5, 5.41) is 17.5. The van der Waals surface area contributed by atoms with E-state index in [1.807, 2.05) is 20.8 Å². The molecule has 0 aromatic heterocycles. The number of nitrogens with one attached hydrogen (secondary N) is 4. The first-order valence-electron chi connectivity index (χ1n) is 7.33. The number of rotatable bonds is 8. The number of nitrogens with two attached hydrogens (primary N) is 1. The third-order valence-corrected chi connectivity index (χ3v) is 1.97. The number of likely N-dealkylation sites (N-methyl/N-ethyl adjacent to an activating group) is 1. The molecule has 24 heavy (non-hydrogen) atoms. The fraction of sp³-hybridized carbons (Fsp3) is 0.714. The van der Waals surface area contributed by atoms with Crippen molar-refractivity contribution in [1.29, 1.82) is 0 Å². The minimum absolute atomic E-state index is 0.000509. The molecule has 0 aromatic carbocycles. The van der Waals surface area contributed by atoms with E-state index in [0.29, 0.717) is 19.6 Å². The molecular weight excluding hydrogens is 318 g/mol. The van der Waals surface area contributed by atoms with E-state index >= 15 is 0 Å². The van der Waals surface area contributed by atoms with Crippen molar-refractivity contribution in [2.75, 3.05) is 39.8 Å². The summed E-state index contributed by atoms with van der Waals surface area (Å²) in [5.74, 6) is -0.430. The van der Waals surface area contributed by atoms with Crippen LogP contribution in [0, 0.1) is 0 Å². The minimum atomic E-state index is -0.250. The van der Waals surface area contributed by atoms with E-state index in [2.05, 4.69) is 21.3 Å². The summed E-state index contributed by atoms with van der Waals surface area (Å²) in [6.07, 6.45) is 0.866. The van der Waals surface area contributed by atoms with E-state index in [4.69, 9.17) is 15.6 Å². The maximum Gasteiger partial charge on any atom is 0.290 e. The van der Waals surface area contributed by atoms with Crippen molar-refractivity contribution in [1.82, 2.24) is 21.3 Å². The van der Waals surface area contributed by atoms with Crippen LogP contribution in [0.25, 0.3) is 0 Å². The number of hydrogen-bond donors (Lipinski definition) is 6. The Balaban J connectivity index is -0.000000341. The molecular formula is C14H31N5O5. The van der Waals surface area contributed by atoms with Gasteiger partial charge in [-0.05, 0) is 27.8 Å². The Morgan fingerprint density at radius 3 is 1.92 bits per heavy atom. The molecule has 0 spiro atoms. The molecule has 0 atom stereocenters. The number of carboxylic acid groups (broad SMARTS) is 1. The molecule has 0 aliphatic heterocycles. The highest BCUT2D eigenvalue weighted by atomic mass is 16.3. The van der Waals surface area contributed by atoms with Crippen molar-refractivity contribution < 1.29 is 24.3 Å². The Kier molecular flexibility index (Phi) is 21.3. The number of carbonyl (C=O) groups is 4. The van der Waals surface area contributed by atoms with Gasteiger partial charge in [0.2, 0.25) is 11.8 Å². The second-order valence-electron chi connectivity index (χ2n) is 5.35. The average Bonchev–Trinajstić information content (AvgIpc) is 2.50. The van der Waals surface area contributed by atoms with Gasteiger partial charge in [-0.15, -0.1) is 0 Å². The van der Waals surface area contributed by atoms with Crippen molar-refractivity contribution in [2.24, 2.45) is 5.73 Å². The van der Waals surface area contributed by atoms with Gasteiger partial charge in [0.25, 0.3) is 6.47 Å². The zero-order chi connectivity index (χ0) is 19.4. The van der Waals surface area contributed by atoms with Gasteiger partial charge in [-0.3, -0.25) is 14.4 Å². The predicted molar refractivity (Wildman–Crippen MR) is 91.5 cm³/mol. The summed E-state index contributed by atoms with van der Waals surface area (Å²) in [4.78, 5) is 39.9. The predicted octanol–water partition coefficient (Wildman–Crippen LogP) is -2.33. The van der Waals surface area contributed by atoms with E-state index in [9.17, 15) is 14.4 Å². The van der Waals surface area contributed by atoms with Crippen LogP contribution in [0.5, 0.6) is 0 Å². The van der Waals surface area contributed by atoms with Gasteiger partial charge in [0.1, 0.15) is 6.29 Å². The second-order valence-corrected chi connectivity index (χ2v) is 5.35. The zero-order valence-corrected chi connectivity index (χ0v) is 14.8. The topological polar surface area (TPSA) is 163 Å². The lowest BCUT2D eigenvalue weighted by molar-refractivity contribution is -0.125. The quantitative estimate of drug-likeness (QED) is 0.266. The lowest BCUT2D eigenvalue weighted by Gasteiger charge is -2.17. The normalized spacial score (nSPS) is 9.38. The Labute approximate surface area is 142 Å². The summed E-state index contributed by atoms with van der Waals surface area (Å²) in [7, 11) is 1.66. The molecule has 0 bridgehead atoms. The third-order valence-electron chi connectivity index (χ3n) is 1.97. The first kappa shape index (κ1) is 26.8. The fourth-order valence-electron chi connectivity index (χ4n) is 1.02. The molecule has 0 aliphatic carbocycles. The molecule has 0 saturated heterocycles. The standard InChI is InChI=1S/C7H16N4O2.C6H13NO.CH2O2/c1-9-4-6(12)11-5-7(13)10-3-2-8;1-6(2,3)7-4-5-8;2-1-3/h9H,2-5,8H2,1H3,(H,10,13)(H,11,12);5,7H,4H2,1-3H3;1H,(H,2,3). The first-order chi connectivity index (χ1) is 11.2. The van der Waals surface area contributed by atoms with E-state index < -0.39 is 0 Å². The van der Waals surface area contributed by atoms with E-state index in [1.165, 1.54) is 0 Å². The van der Waals surface area contributed by atoms with Crippen LogP contribution in [0.15, 0.2) is 0 Å². The van der Waals surface area contributed by atoms with Gasteiger partial charge in [-0.2, -0.15) is 0 Å². The summed E-state index contributed by atoms with van der Waals surface area (Å²) < 4.78 is 0. The molecule has 10 nitrogen and oxygen atoms in total.